The highest BCUT2D eigenvalue weighted by atomic mass is 19.4. The van der Waals surface area contributed by atoms with Gasteiger partial charge in [-0.3, -0.25) is 4.79 Å². The minimum absolute atomic E-state index is 0.118. The minimum atomic E-state index is -4.57. The van der Waals surface area contributed by atoms with Crippen molar-refractivity contribution in [1.82, 2.24) is 5.32 Å². The van der Waals surface area contributed by atoms with E-state index in [9.17, 15) is 22.4 Å². The van der Waals surface area contributed by atoms with Gasteiger partial charge in [0.2, 0.25) is 0 Å². The van der Waals surface area contributed by atoms with Crippen LogP contribution in [0.25, 0.3) is 0 Å². The van der Waals surface area contributed by atoms with Gasteiger partial charge in [0.25, 0.3) is 5.91 Å². The highest BCUT2D eigenvalue weighted by molar-refractivity contribution is 5.77. The van der Waals surface area contributed by atoms with Crippen LogP contribution in [0, 0.1) is 17.1 Å². The summed E-state index contributed by atoms with van der Waals surface area (Å²) in [6, 6.07) is 9.53. The molecule has 2 aromatic rings. The summed E-state index contributed by atoms with van der Waals surface area (Å²) in [6.07, 6.45) is -4.57. The third-order valence-electron chi connectivity index (χ3n) is 3.19. The lowest BCUT2D eigenvalue weighted by molar-refractivity contribution is -0.137. The molecule has 0 spiro atoms. The highest BCUT2D eigenvalue weighted by Gasteiger charge is 2.31. The predicted molar refractivity (Wildman–Crippen MR) is 79.9 cm³/mol. The van der Waals surface area contributed by atoms with Gasteiger partial charge in [0.05, 0.1) is 11.1 Å². The molecule has 0 fully saturated rings. The van der Waals surface area contributed by atoms with Crippen molar-refractivity contribution in [2.24, 2.45) is 0 Å². The number of carbonyl (C=O) groups is 1. The van der Waals surface area contributed by atoms with Crippen LogP contribution in [-0.2, 0) is 17.5 Å². The van der Waals surface area contributed by atoms with Crippen molar-refractivity contribution in [3.63, 3.8) is 0 Å². The van der Waals surface area contributed by atoms with Crippen LogP contribution in [-0.4, -0.2) is 12.5 Å². The Labute approximate surface area is 140 Å². The van der Waals surface area contributed by atoms with E-state index in [1.807, 2.05) is 0 Å². The number of nitrogens with zero attached hydrogens (tertiary/aromatic N) is 1. The molecule has 0 aliphatic heterocycles. The van der Waals surface area contributed by atoms with E-state index < -0.39 is 30.1 Å². The molecule has 0 aliphatic carbocycles. The number of nitriles is 1. The number of amides is 1. The number of alkyl halides is 3. The molecule has 130 valence electrons. The second kappa shape index (κ2) is 7.66. The normalized spacial score (nSPS) is 10.8. The minimum Gasteiger partial charge on any atom is -0.482 e. The Balaban J connectivity index is 1.93. The maximum Gasteiger partial charge on any atom is 0.416 e. The van der Waals surface area contributed by atoms with E-state index in [2.05, 4.69) is 5.32 Å². The number of halogens is 4. The Bertz CT molecular complexity index is 796. The van der Waals surface area contributed by atoms with Crippen LogP contribution in [0.2, 0.25) is 0 Å². The van der Waals surface area contributed by atoms with Gasteiger partial charge in [0, 0.05) is 6.54 Å². The number of rotatable bonds is 5. The second-order valence-electron chi connectivity index (χ2n) is 5.01. The first kappa shape index (κ1) is 18.3. The number of carbonyl (C=O) groups excluding carboxylic acids is 1. The van der Waals surface area contributed by atoms with E-state index in [0.717, 1.165) is 12.1 Å². The molecule has 8 heteroatoms. The van der Waals surface area contributed by atoms with E-state index in [1.165, 1.54) is 24.3 Å². The molecule has 0 radical (unpaired) electrons. The summed E-state index contributed by atoms with van der Waals surface area (Å²) < 4.78 is 55.7. The zero-order valence-corrected chi connectivity index (χ0v) is 12.7. The van der Waals surface area contributed by atoms with Crippen LogP contribution in [0.1, 0.15) is 16.7 Å². The summed E-state index contributed by atoms with van der Waals surface area (Å²) in [7, 11) is 0. The number of hydrogen-bond acceptors (Lipinski definition) is 3. The van der Waals surface area contributed by atoms with Gasteiger partial charge < -0.3 is 10.1 Å². The topological polar surface area (TPSA) is 62.1 Å². The summed E-state index contributed by atoms with van der Waals surface area (Å²) >= 11 is 0. The van der Waals surface area contributed by atoms with Crippen molar-refractivity contribution in [2.75, 3.05) is 6.61 Å². The molecule has 2 aromatic carbocycles. The van der Waals surface area contributed by atoms with Gasteiger partial charge in [-0.05, 0) is 35.9 Å². The van der Waals surface area contributed by atoms with Gasteiger partial charge in [-0.2, -0.15) is 18.4 Å². The van der Waals surface area contributed by atoms with E-state index >= 15 is 0 Å². The number of hydrogen-bond donors (Lipinski definition) is 1. The number of benzene rings is 2. The zero-order chi connectivity index (χ0) is 18.4. The smallest absolute Gasteiger partial charge is 0.416 e. The lowest BCUT2D eigenvalue weighted by Gasteiger charge is -2.11. The van der Waals surface area contributed by atoms with Crippen molar-refractivity contribution < 1.29 is 27.1 Å². The first-order valence-corrected chi connectivity index (χ1v) is 7.05. The molecule has 1 N–H and O–H groups in total. The fraction of sp³-hybridized carbons (Fsp3) is 0.176. The van der Waals surface area contributed by atoms with Crippen LogP contribution in [0.4, 0.5) is 17.6 Å². The second-order valence-corrected chi connectivity index (χ2v) is 5.01. The Hall–Kier alpha value is -3.08. The lowest BCUT2D eigenvalue weighted by Crippen LogP contribution is -2.28. The van der Waals surface area contributed by atoms with E-state index in [1.54, 1.807) is 6.07 Å². The molecule has 25 heavy (non-hydrogen) atoms. The molecule has 4 nitrogen and oxygen atoms in total. The molecule has 0 aromatic heterocycles. The zero-order valence-electron chi connectivity index (χ0n) is 12.7. The van der Waals surface area contributed by atoms with E-state index in [0.29, 0.717) is 11.6 Å². The molecular formula is C17H12F4N2O2. The van der Waals surface area contributed by atoms with Crippen LogP contribution < -0.4 is 10.1 Å². The van der Waals surface area contributed by atoms with Gasteiger partial charge in [0.1, 0.15) is 17.6 Å². The van der Waals surface area contributed by atoms with Gasteiger partial charge in [-0.25, -0.2) is 4.39 Å². The van der Waals surface area contributed by atoms with Crippen molar-refractivity contribution in [3.05, 3.63) is 65.0 Å². The molecule has 2 rings (SSSR count). The first-order valence-electron chi connectivity index (χ1n) is 7.05. The predicted octanol–water partition coefficient (Wildman–Crippen LogP) is 3.41. The highest BCUT2D eigenvalue weighted by Crippen LogP contribution is 2.32. The van der Waals surface area contributed by atoms with Crippen LogP contribution in [0.5, 0.6) is 5.75 Å². The largest absolute Gasteiger partial charge is 0.482 e. The molecule has 0 heterocycles. The molecule has 0 saturated heterocycles. The van der Waals surface area contributed by atoms with Crippen molar-refractivity contribution in [1.29, 1.82) is 5.26 Å². The average Bonchev–Trinajstić information content (AvgIpc) is 2.58. The van der Waals surface area contributed by atoms with Gasteiger partial charge in [-0.15, -0.1) is 0 Å². The fourth-order valence-electron chi connectivity index (χ4n) is 1.92. The fourth-order valence-corrected chi connectivity index (χ4v) is 1.92. The molecule has 1 amide bonds. The Morgan fingerprint density at radius 1 is 1.16 bits per heavy atom. The van der Waals surface area contributed by atoms with Gasteiger partial charge >= 0.3 is 6.18 Å². The van der Waals surface area contributed by atoms with Gasteiger partial charge in [-0.1, -0.05) is 12.1 Å². The Morgan fingerprint density at radius 2 is 1.84 bits per heavy atom. The Morgan fingerprint density at radius 3 is 2.44 bits per heavy atom. The average molecular weight is 352 g/mol. The third kappa shape index (κ3) is 5.21. The molecule has 0 bridgehead atoms. The van der Waals surface area contributed by atoms with Crippen LogP contribution in [0.15, 0.2) is 42.5 Å². The summed E-state index contributed by atoms with van der Waals surface area (Å²) in [6.45, 7) is -0.332. The van der Waals surface area contributed by atoms with Crippen LogP contribution in [0.3, 0.4) is 0 Å². The lowest BCUT2D eigenvalue weighted by atomic mass is 10.1. The number of nitrogens with one attached hydrogen (secondary N) is 1. The van der Waals surface area contributed by atoms with Gasteiger partial charge in [0.15, 0.2) is 6.61 Å². The maximum atomic E-state index is 12.8. The molecule has 0 atom stereocenters. The van der Waals surface area contributed by atoms with E-state index in [4.69, 9.17) is 10.00 Å². The van der Waals surface area contributed by atoms with Crippen LogP contribution >= 0.6 is 0 Å². The van der Waals surface area contributed by atoms with Crippen molar-refractivity contribution in [2.45, 2.75) is 12.7 Å². The maximum absolute atomic E-state index is 12.8. The molecule has 0 unspecified atom stereocenters. The first-order chi connectivity index (χ1) is 11.8. The van der Waals surface area contributed by atoms with Crippen molar-refractivity contribution in [3.8, 4) is 11.8 Å². The monoisotopic (exact) mass is 352 g/mol. The quantitative estimate of drug-likeness (QED) is 0.839. The molecule has 0 saturated carbocycles. The third-order valence-corrected chi connectivity index (χ3v) is 3.19. The Kier molecular flexibility index (Phi) is 5.60. The number of ether oxygens (including phenoxy) is 1. The van der Waals surface area contributed by atoms with Crippen molar-refractivity contribution >= 4 is 5.91 Å². The summed E-state index contributed by atoms with van der Waals surface area (Å²) in [5, 5.41) is 11.4. The SMILES string of the molecule is N#Cc1cc(C(F)(F)F)ccc1OCC(=O)NCc1ccc(F)cc1. The summed E-state index contributed by atoms with van der Waals surface area (Å²) in [5.74, 6) is -1.05. The van der Waals surface area contributed by atoms with E-state index in [-0.39, 0.29) is 17.9 Å². The molecular weight excluding hydrogens is 340 g/mol. The summed E-state index contributed by atoms with van der Waals surface area (Å²) in [4.78, 5) is 11.7. The molecule has 0 aliphatic rings. The standard InChI is InChI=1S/C17H12F4N2O2/c18-14-4-1-11(2-5-14)9-23-16(24)10-25-15-6-3-13(17(19,20)21)7-12(15)8-22/h1-7H,9-10H2,(H,23,24). The summed E-state index contributed by atoms with van der Waals surface area (Å²) in [5.41, 5.74) is -0.625.